The van der Waals surface area contributed by atoms with Crippen molar-refractivity contribution in [2.75, 3.05) is 4.90 Å². The van der Waals surface area contributed by atoms with Crippen LogP contribution in [-0.4, -0.2) is 0 Å². The maximum atomic E-state index is 2.50. The van der Waals surface area contributed by atoms with Crippen LogP contribution in [-0.2, 0) is 0 Å². The molecule has 12 aromatic rings. The maximum absolute atomic E-state index is 2.50. The molecule has 10 aromatic carbocycles. The first-order chi connectivity index (χ1) is 29.3. The Kier molecular flexibility index (Phi) is 7.97. The van der Waals surface area contributed by atoms with Crippen molar-refractivity contribution in [3.05, 3.63) is 212 Å². The zero-order valence-electron chi connectivity index (χ0n) is 32.0. The highest BCUT2D eigenvalue weighted by Crippen LogP contribution is 2.50. The molecule has 2 aromatic heterocycles. The van der Waals surface area contributed by atoms with Gasteiger partial charge in [-0.15, -0.1) is 22.7 Å². The molecule has 0 bridgehead atoms. The van der Waals surface area contributed by atoms with Crippen LogP contribution in [0.25, 0.3) is 95.3 Å². The number of benzene rings is 10. The van der Waals surface area contributed by atoms with Crippen molar-refractivity contribution in [2.45, 2.75) is 0 Å². The largest absolute Gasteiger partial charge is 0.308 e. The molecule has 12 rings (SSSR count). The zero-order valence-corrected chi connectivity index (χ0v) is 33.6. The summed E-state index contributed by atoms with van der Waals surface area (Å²) in [5.41, 5.74) is 10.9. The van der Waals surface area contributed by atoms with Gasteiger partial charge in [-0.3, -0.25) is 0 Å². The molecule has 0 radical (unpaired) electrons. The molecule has 0 N–H and O–H groups in total. The molecule has 0 aliphatic rings. The number of fused-ring (bicyclic) bond motifs is 8. The summed E-state index contributed by atoms with van der Waals surface area (Å²) < 4.78 is 5.23. The number of nitrogens with zero attached hydrogens (tertiary/aromatic N) is 1. The van der Waals surface area contributed by atoms with Gasteiger partial charge < -0.3 is 4.90 Å². The third-order valence-electron chi connectivity index (χ3n) is 11.9. The van der Waals surface area contributed by atoms with Gasteiger partial charge >= 0.3 is 0 Å². The summed E-state index contributed by atoms with van der Waals surface area (Å²) >= 11 is 3.78. The Morgan fingerprint density at radius 3 is 1.59 bits per heavy atom. The van der Waals surface area contributed by atoms with E-state index in [2.05, 4.69) is 217 Å². The monoisotopic (exact) mass is 785 g/mol. The lowest BCUT2D eigenvalue weighted by Gasteiger charge is -2.28. The third-order valence-corrected chi connectivity index (χ3v) is 14.4. The lowest BCUT2D eigenvalue weighted by atomic mass is 9.93. The molecule has 0 saturated heterocycles. The Morgan fingerprint density at radius 2 is 0.797 bits per heavy atom. The molecule has 1 nitrogen and oxygen atoms in total. The van der Waals surface area contributed by atoms with Gasteiger partial charge in [0.25, 0.3) is 0 Å². The predicted molar refractivity (Wildman–Crippen MR) is 258 cm³/mol. The fourth-order valence-corrected chi connectivity index (χ4v) is 11.8. The molecule has 0 spiro atoms. The van der Waals surface area contributed by atoms with E-state index in [9.17, 15) is 0 Å². The third kappa shape index (κ3) is 5.51. The maximum Gasteiger partial charge on any atom is 0.0640 e. The van der Waals surface area contributed by atoms with Crippen LogP contribution in [0.3, 0.4) is 0 Å². The standard InChI is InChI=1S/C56H35NS2/c1-2-14-37(15-3-1)41-22-12-26-49-50-27-13-28-52(56(50)59-55(41)49)57(39-32-30-38(31-33-39)42-23-11-25-48-47-21-8-9-29-53(47)58-54(42)48)51-35-34-45(44-19-6-7-20-46(44)51)43-24-10-17-36-16-4-5-18-40(36)43/h1-35H. The van der Waals surface area contributed by atoms with Crippen LogP contribution in [0, 0.1) is 0 Å². The molecule has 0 saturated carbocycles. The zero-order chi connectivity index (χ0) is 38.9. The minimum Gasteiger partial charge on any atom is -0.308 e. The van der Waals surface area contributed by atoms with Crippen LogP contribution >= 0.6 is 22.7 Å². The summed E-state index contributed by atoms with van der Waals surface area (Å²) in [5, 5.41) is 10.2. The van der Waals surface area contributed by atoms with Gasteiger partial charge in [0.2, 0.25) is 0 Å². The van der Waals surface area contributed by atoms with Gasteiger partial charge in [-0.25, -0.2) is 0 Å². The second-order valence-electron chi connectivity index (χ2n) is 15.2. The summed E-state index contributed by atoms with van der Waals surface area (Å²) in [6, 6.07) is 78.1. The first-order valence-electron chi connectivity index (χ1n) is 20.1. The van der Waals surface area contributed by atoms with Gasteiger partial charge in [-0.1, -0.05) is 182 Å². The first kappa shape index (κ1) is 34.0. The molecular weight excluding hydrogens is 751 g/mol. The van der Waals surface area contributed by atoms with Gasteiger partial charge in [0.05, 0.1) is 16.1 Å². The van der Waals surface area contributed by atoms with Crippen molar-refractivity contribution in [1.29, 1.82) is 0 Å². The Bertz CT molecular complexity index is 3550. The van der Waals surface area contributed by atoms with E-state index < -0.39 is 0 Å². The average molecular weight is 786 g/mol. The quantitative estimate of drug-likeness (QED) is 0.162. The lowest BCUT2D eigenvalue weighted by Crippen LogP contribution is -2.11. The van der Waals surface area contributed by atoms with Crippen molar-refractivity contribution >= 4 is 102 Å². The lowest BCUT2D eigenvalue weighted by molar-refractivity contribution is 1.32. The highest BCUT2D eigenvalue weighted by atomic mass is 32.1. The number of hydrogen-bond acceptors (Lipinski definition) is 3. The molecule has 0 amide bonds. The summed E-state index contributed by atoms with van der Waals surface area (Å²) in [6.07, 6.45) is 0. The van der Waals surface area contributed by atoms with Gasteiger partial charge in [-0.2, -0.15) is 0 Å². The topological polar surface area (TPSA) is 3.24 Å². The minimum absolute atomic E-state index is 1.12. The van der Waals surface area contributed by atoms with Gasteiger partial charge in [0, 0.05) is 46.7 Å². The predicted octanol–water partition coefficient (Wildman–Crippen LogP) is 17.2. The highest BCUT2D eigenvalue weighted by molar-refractivity contribution is 7.27. The van der Waals surface area contributed by atoms with Crippen molar-refractivity contribution in [3.63, 3.8) is 0 Å². The Labute approximate surface area is 350 Å². The summed E-state index contributed by atoms with van der Waals surface area (Å²) in [5.74, 6) is 0. The van der Waals surface area contributed by atoms with Crippen molar-refractivity contribution in [2.24, 2.45) is 0 Å². The minimum atomic E-state index is 1.12. The normalized spacial score (nSPS) is 11.7. The number of hydrogen-bond donors (Lipinski definition) is 0. The molecule has 0 aliphatic carbocycles. The Balaban J connectivity index is 1.09. The summed E-state index contributed by atoms with van der Waals surface area (Å²) in [6.45, 7) is 0. The fraction of sp³-hybridized carbons (Fsp3) is 0. The molecule has 59 heavy (non-hydrogen) atoms. The molecule has 2 heterocycles. The van der Waals surface area contributed by atoms with E-state index in [1.54, 1.807) is 0 Å². The second-order valence-corrected chi connectivity index (χ2v) is 17.2. The fourth-order valence-electron chi connectivity index (χ4n) is 9.17. The molecule has 0 fully saturated rings. The first-order valence-corrected chi connectivity index (χ1v) is 21.7. The molecule has 3 heteroatoms. The van der Waals surface area contributed by atoms with Crippen molar-refractivity contribution in [3.8, 4) is 33.4 Å². The average Bonchev–Trinajstić information content (AvgIpc) is 3.89. The molecule has 0 unspecified atom stereocenters. The highest BCUT2D eigenvalue weighted by Gasteiger charge is 2.22. The molecule has 0 atom stereocenters. The van der Waals surface area contributed by atoms with Gasteiger partial charge in [0.15, 0.2) is 0 Å². The van der Waals surface area contributed by atoms with Crippen LogP contribution in [0.4, 0.5) is 17.1 Å². The molecular formula is C56H35NS2. The smallest absolute Gasteiger partial charge is 0.0640 e. The SMILES string of the molecule is c1ccc(-c2cccc3c2sc2c(N(c4ccc(-c5cccc6c5sc5ccccc56)cc4)c4ccc(-c5cccc6ccccc56)c5ccccc45)cccc23)cc1. The van der Waals surface area contributed by atoms with Crippen LogP contribution in [0.2, 0.25) is 0 Å². The summed E-state index contributed by atoms with van der Waals surface area (Å²) in [7, 11) is 0. The van der Waals surface area contributed by atoms with Crippen LogP contribution in [0.1, 0.15) is 0 Å². The molecule has 276 valence electrons. The number of anilines is 3. The van der Waals surface area contributed by atoms with Crippen molar-refractivity contribution < 1.29 is 0 Å². The van der Waals surface area contributed by atoms with Crippen LogP contribution in [0.5, 0.6) is 0 Å². The van der Waals surface area contributed by atoms with Gasteiger partial charge in [-0.05, 0) is 79.9 Å². The van der Waals surface area contributed by atoms with E-state index in [0.29, 0.717) is 0 Å². The summed E-state index contributed by atoms with van der Waals surface area (Å²) in [4.78, 5) is 2.50. The van der Waals surface area contributed by atoms with E-state index in [1.807, 2.05) is 22.7 Å². The van der Waals surface area contributed by atoms with E-state index in [4.69, 9.17) is 0 Å². The van der Waals surface area contributed by atoms with E-state index in [1.165, 1.54) is 101 Å². The molecule has 0 aliphatic heterocycles. The van der Waals surface area contributed by atoms with Crippen LogP contribution in [0.15, 0.2) is 212 Å². The number of rotatable bonds is 6. The van der Waals surface area contributed by atoms with Crippen LogP contribution < -0.4 is 4.90 Å². The Hall–Kier alpha value is -7.04. The van der Waals surface area contributed by atoms with Gasteiger partial charge in [0.1, 0.15) is 0 Å². The Morgan fingerprint density at radius 1 is 0.271 bits per heavy atom. The van der Waals surface area contributed by atoms with Crippen molar-refractivity contribution in [1.82, 2.24) is 0 Å². The second kappa shape index (κ2) is 13.8. The van der Waals surface area contributed by atoms with E-state index >= 15 is 0 Å². The van der Waals surface area contributed by atoms with E-state index in [-0.39, 0.29) is 0 Å². The number of thiophene rings is 2. The van der Waals surface area contributed by atoms with E-state index in [0.717, 1.165) is 11.4 Å².